The van der Waals surface area contributed by atoms with Gasteiger partial charge in [-0.15, -0.1) is 6.42 Å². The van der Waals surface area contributed by atoms with Crippen molar-refractivity contribution in [3.05, 3.63) is 29.3 Å². The lowest BCUT2D eigenvalue weighted by Crippen LogP contribution is -2.29. The molecule has 0 heterocycles. The molecule has 1 atom stereocenters. The van der Waals surface area contributed by atoms with E-state index in [-0.39, 0.29) is 6.09 Å². The quantitative estimate of drug-likeness (QED) is 0.855. The Balaban J connectivity index is 2.06. The minimum atomic E-state index is -0.326. The van der Waals surface area contributed by atoms with Gasteiger partial charge in [-0.1, -0.05) is 12.0 Å². The Morgan fingerprint density at radius 2 is 2.40 bits per heavy atom. The molecule has 0 saturated carbocycles. The van der Waals surface area contributed by atoms with Crippen LogP contribution in [0.3, 0.4) is 0 Å². The molecule has 4 nitrogen and oxygen atoms in total. The van der Waals surface area contributed by atoms with E-state index < -0.39 is 0 Å². The topological polar surface area (TPSA) is 41.6 Å². The van der Waals surface area contributed by atoms with E-state index in [0.717, 1.165) is 12.8 Å². The van der Waals surface area contributed by atoms with Crippen molar-refractivity contribution in [1.82, 2.24) is 10.2 Å². The second-order valence-electron chi connectivity index (χ2n) is 4.92. The number of benzene rings is 1. The van der Waals surface area contributed by atoms with E-state index in [2.05, 4.69) is 11.2 Å². The zero-order chi connectivity index (χ0) is 14.5. The largest absolute Gasteiger partial charge is 0.414 e. The van der Waals surface area contributed by atoms with Gasteiger partial charge in [-0.3, -0.25) is 5.32 Å². The summed E-state index contributed by atoms with van der Waals surface area (Å²) in [5, 5.41) is 3.32. The van der Waals surface area contributed by atoms with Gasteiger partial charge in [-0.25, -0.2) is 4.79 Å². The van der Waals surface area contributed by atoms with Gasteiger partial charge in [0, 0.05) is 19.6 Å². The Kier molecular flexibility index (Phi) is 4.65. The Labute approximate surface area is 120 Å². The van der Waals surface area contributed by atoms with Gasteiger partial charge in [0.1, 0.15) is 5.75 Å². The van der Waals surface area contributed by atoms with Gasteiger partial charge in [-0.2, -0.15) is 0 Å². The van der Waals surface area contributed by atoms with Crippen LogP contribution in [0.4, 0.5) is 4.79 Å². The van der Waals surface area contributed by atoms with Crippen LogP contribution in [0.25, 0.3) is 0 Å². The highest BCUT2D eigenvalue weighted by Crippen LogP contribution is 2.33. The third-order valence-corrected chi connectivity index (χ3v) is 3.63. The van der Waals surface area contributed by atoms with Gasteiger partial charge in [0.15, 0.2) is 0 Å². The number of aryl methyl sites for hydroxylation is 1. The predicted molar refractivity (Wildman–Crippen MR) is 78.7 cm³/mol. The average molecular weight is 272 g/mol. The maximum atomic E-state index is 11.7. The Morgan fingerprint density at radius 3 is 3.10 bits per heavy atom. The smallest absolute Gasteiger partial charge is 0.410 e. The number of carbonyl (C=O) groups excluding carboxylic acids is 1. The number of fused-ring (bicyclic) bond motifs is 1. The molecule has 2 rings (SSSR count). The summed E-state index contributed by atoms with van der Waals surface area (Å²) in [5.74, 6) is 3.20. The lowest BCUT2D eigenvalue weighted by Gasteiger charge is -2.15. The SMILES string of the molecule is C#CCN[C@H]1CCc2cc(OC(=O)N(C)CC)ccc21. The third-order valence-electron chi connectivity index (χ3n) is 3.63. The fourth-order valence-electron chi connectivity index (χ4n) is 2.36. The molecule has 1 aromatic carbocycles. The number of amides is 1. The van der Waals surface area contributed by atoms with Gasteiger partial charge >= 0.3 is 6.09 Å². The maximum absolute atomic E-state index is 11.7. The molecule has 1 aliphatic rings. The van der Waals surface area contributed by atoms with Crippen LogP contribution in [0.1, 0.15) is 30.5 Å². The Morgan fingerprint density at radius 1 is 1.60 bits per heavy atom. The number of hydrogen-bond acceptors (Lipinski definition) is 3. The van der Waals surface area contributed by atoms with Crippen LogP contribution in [0.2, 0.25) is 0 Å². The zero-order valence-corrected chi connectivity index (χ0v) is 12.0. The lowest BCUT2D eigenvalue weighted by atomic mass is 10.1. The predicted octanol–water partition coefficient (Wildman–Crippen LogP) is 2.35. The molecule has 1 aliphatic carbocycles. The molecule has 1 aromatic rings. The van der Waals surface area contributed by atoms with E-state index >= 15 is 0 Å². The van der Waals surface area contributed by atoms with Crippen molar-refractivity contribution < 1.29 is 9.53 Å². The van der Waals surface area contributed by atoms with Gasteiger partial charge in [0.2, 0.25) is 0 Å². The number of terminal acetylenes is 1. The molecular weight excluding hydrogens is 252 g/mol. The van der Waals surface area contributed by atoms with E-state index in [9.17, 15) is 4.79 Å². The van der Waals surface area contributed by atoms with Crippen molar-refractivity contribution in [2.24, 2.45) is 0 Å². The van der Waals surface area contributed by atoms with Crippen LogP contribution >= 0.6 is 0 Å². The monoisotopic (exact) mass is 272 g/mol. The summed E-state index contributed by atoms with van der Waals surface area (Å²) in [6.45, 7) is 3.11. The Hall–Kier alpha value is -1.99. The molecule has 1 N–H and O–H groups in total. The standard InChI is InChI=1S/C16H20N2O2/c1-4-10-17-15-9-6-12-11-13(7-8-14(12)15)20-16(19)18(3)5-2/h1,7-8,11,15,17H,5-6,9-10H2,2-3H3/t15-/m0/s1. The molecule has 0 radical (unpaired) electrons. The highest BCUT2D eigenvalue weighted by molar-refractivity contribution is 5.70. The summed E-state index contributed by atoms with van der Waals surface area (Å²) in [7, 11) is 1.72. The summed E-state index contributed by atoms with van der Waals surface area (Å²) < 4.78 is 5.34. The fraction of sp³-hybridized carbons (Fsp3) is 0.438. The summed E-state index contributed by atoms with van der Waals surface area (Å²) in [6, 6.07) is 6.12. The number of carbonyl (C=O) groups is 1. The summed E-state index contributed by atoms with van der Waals surface area (Å²) >= 11 is 0. The van der Waals surface area contributed by atoms with Gasteiger partial charge in [-0.05, 0) is 43.0 Å². The van der Waals surface area contributed by atoms with Crippen molar-refractivity contribution in [3.8, 4) is 18.1 Å². The van der Waals surface area contributed by atoms with Crippen LogP contribution in [0.5, 0.6) is 5.75 Å². The van der Waals surface area contributed by atoms with Gasteiger partial charge < -0.3 is 9.64 Å². The van der Waals surface area contributed by atoms with Crippen LogP contribution in [-0.4, -0.2) is 31.1 Å². The van der Waals surface area contributed by atoms with Crippen molar-refractivity contribution in [3.63, 3.8) is 0 Å². The summed E-state index contributed by atoms with van der Waals surface area (Å²) in [5.41, 5.74) is 2.48. The van der Waals surface area contributed by atoms with Gasteiger partial charge in [0.05, 0.1) is 6.54 Å². The summed E-state index contributed by atoms with van der Waals surface area (Å²) in [6.07, 6.45) is 6.96. The Bertz CT molecular complexity index is 534. The van der Waals surface area contributed by atoms with Gasteiger partial charge in [0.25, 0.3) is 0 Å². The maximum Gasteiger partial charge on any atom is 0.414 e. The van der Waals surface area contributed by atoms with Crippen LogP contribution < -0.4 is 10.1 Å². The van der Waals surface area contributed by atoms with E-state index in [0.29, 0.717) is 24.9 Å². The lowest BCUT2D eigenvalue weighted by molar-refractivity contribution is 0.165. The first kappa shape index (κ1) is 14.4. The molecule has 4 heteroatoms. The average Bonchev–Trinajstić information content (AvgIpc) is 2.86. The third kappa shape index (κ3) is 3.12. The van der Waals surface area contributed by atoms with Crippen LogP contribution in [0, 0.1) is 12.3 Å². The molecular formula is C16H20N2O2. The van der Waals surface area contributed by atoms with Crippen molar-refractivity contribution >= 4 is 6.09 Å². The second kappa shape index (κ2) is 6.44. The highest BCUT2D eigenvalue weighted by Gasteiger charge is 2.22. The number of nitrogens with one attached hydrogen (secondary N) is 1. The number of ether oxygens (including phenoxy) is 1. The molecule has 0 fully saturated rings. The number of nitrogens with zero attached hydrogens (tertiary/aromatic N) is 1. The van der Waals surface area contributed by atoms with Crippen molar-refractivity contribution in [2.75, 3.05) is 20.1 Å². The minimum absolute atomic E-state index is 0.309. The highest BCUT2D eigenvalue weighted by atomic mass is 16.6. The molecule has 0 bridgehead atoms. The minimum Gasteiger partial charge on any atom is -0.410 e. The van der Waals surface area contributed by atoms with E-state index in [1.54, 1.807) is 7.05 Å². The molecule has 0 saturated heterocycles. The van der Waals surface area contributed by atoms with E-state index in [1.807, 2.05) is 25.1 Å². The first-order chi connectivity index (χ1) is 9.65. The number of hydrogen-bond donors (Lipinski definition) is 1. The molecule has 0 unspecified atom stereocenters. The number of rotatable bonds is 4. The fourth-order valence-corrected chi connectivity index (χ4v) is 2.36. The van der Waals surface area contributed by atoms with E-state index in [1.165, 1.54) is 16.0 Å². The van der Waals surface area contributed by atoms with Crippen LogP contribution in [0.15, 0.2) is 18.2 Å². The zero-order valence-electron chi connectivity index (χ0n) is 12.0. The molecule has 20 heavy (non-hydrogen) atoms. The summed E-state index contributed by atoms with van der Waals surface area (Å²) in [4.78, 5) is 13.3. The van der Waals surface area contributed by atoms with Crippen molar-refractivity contribution in [2.45, 2.75) is 25.8 Å². The molecule has 106 valence electrons. The first-order valence-corrected chi connectivity index (χ1v) is 6.88. The molecule has 1 amide bonds. The van der Waals surface area contributed by atoms with Crippen molar-refractivity contribution in [1.29, 1.82) is 0 Å². The molecule has 0 spiro atoms. The second-order valence-corrected chi connectivity index (χ2v) is 4.92. The first-order valence-electron chi connectivity index (χ1n) is 6.88. The van der Waals surface area contributed by atoms with Crippen LogP contribution in [-0.2, 0) is 6.42 Å². The van der Waals surface area contributed by atoms with E-state index in [4.69, 9.17) is 11.2 Å². The normalized spacial score (nSPS) is 16.4. The molecule has 0 aliphatic heterocycles. The molecule has 0 aromatic heterocycles.